The van der Waals surface area contributed by atoms with E-state index >= 15 is 0 Å². The van der Waals surface area contributed by atoms with Crippen LogP contribution in [0.2, 0.25) is 0 Å². The molecule has 3 aromatic carbocycles. The molecule has 1 aromatic heterocycles. The van der Waals surface area contributed by atoms with E-state index in [-0.39, 0.29) is 4.90 Å². The van der Waals surface area contributed by atoms with Crippen molar-refractivity contribution in [1.82, 2.24) is 10.2 Å². The SMILES string of the molecule is Cc1ccc(S(=O)(=O)N(CC(=O)Nc2nnc(-c3ccccc3)s2)c2cc(C)cc(C)c2)cc1. The second-order valence-electron chi connectivity index (χ2n) is 8.00. The molecular formula is C25H24N4O3S2. The monoisotopic (exact) mass is 492 g/mol. The van der Waals surface area contributed by atoms with Gasteiger partial charge in [-0.3, -0.25) is 14.4 Å². The second kappa shape index (κ2) is 9.74. The molecule has 4 aromatic rings. The van der Waals surface area contributed by atoms with E-state index in [1.807, 2.05) is 57.2 Å². The van der Waals surface area contributed by atoms with Crippen molar-refractivity contribution in [1.29, 1.82) is 0 Å². The van der Waals surface area contributed by atoms with Crippen LogP contribution in [-0.4, -0.2) is 31.1 Å². The first-order valence-electron chi connectivity index (χ1n) is 10.6. The Morgan fingerprint density at radius 1 is 0.882 bits per heavy atom. The number of amides is 1. The van der Waals surface area contributed by atoms with E-state index in [2.05, 4.69) is 15.5 Å². The number of aryl methyl sites for hydroxylation is 3. The standard InChI is InChI=1S/C25H24N4O3S2/c1-17-9-11-22(12-10-17)34(31,32)29(21-14-18(2)13-19(3)15-21)16-23(30)26-25-28-27-24(33-25)20-7-5-4-6-8-20/h4-15H,16H2,1-3H3,(H,26,28,30). The summed E-state index contributed by atoms with van der Waals surface area (Å²) < 4.78 is 28.3. The van der Waals surface area contributed by atoms with Crippen molar-refractivity contribution >= 4 is 38.1 Å². The summed E-state index contributed by atoms with van der Waals surface area (Å²) in [7, 11) is -3.99. The van der Waals surface area contributed by atoms with Gasteiger partial charge in [-0.1, -0.05) is 65.4 Å². The van der Waals surface area contributed by atoms with Gasteiger partial charge in [0.25, 0.3) is 10.0 Å². The molecule has 34 heavy (non-hydrogen) atoms. The Hall–Kier alpha value is -3.56. The summed E-state index contributed by atoms with van der Waals surface area (Å²) in [6.07, 6.45) is 0. The minimum Gasteiger partial charge on any atom is -0.299 e. The van der Waals surface area contributed by atoms with E-state index in [0.717, 1.165) is 26.6 Å². The molecule has 0 unspecified atom stereocenters. The fraction of sp³-hybridized carbons (Fsp3) is 0.160. The number of carbonyl (C=O) groups is 1. The molecule has 1 N–H and O–H groups in total. The van der Waals surface area contributed by atoms with Crippen LogP contribution in [0.5, 0.6) is 0 Å². The van der Waals surface area contributed by atoms with Crippen LogP contribution in [0.3, 0.4) is 0 Å². The minimum atomic E-state index is -3.99. The van der Waals surface area contributed by atoms with Gasteiger partial charge in [-0.15, -0.1) is 10.2 Å². The molecule has 0 saturated heterocycles. The van der Waals surface area contributed by atoms with Gasteiger partial charge in [-0.05, 0) is 56.2 Å². The van der Waals surface area contributed by atoms with Gasteiger partial charge in [0.2, 0.25) is 11.0 Å². The lowest BCUT2D eigenvalue weighted by Crippen LogP contribution is -2.38. The predicted octanol–water partition coefficient (Wildman–Crippen LogP) is 4.96. The van der Waals surface area contributed by atoms with Crippen molar-refractivity contribution in [2.45, 2.75) is 25.7 Å². The van der Waals surface area contributed by atoms with Crippen LogP contribution in [0.25, 0.3) is 10.6 Å². The summed E-state index contributed by atoms with van der Waals surface area (Å²) >= 11 is 1.23. The summed E-state index contributed by atoms with van der Waals surface area (Å²) in [5.74, 6) is -0.509. The number of carbonyl (C=O) groups excluding carboxylic acids is 1. The number of nitrogens with zero attached hydrogens (tertiary/aromatic N) is 3. The Morgan fingerprint density at radius 2 is 1.53 bits per heavy atom. The highest BCUT2D eigenvalue weighted by atomic mass is 32.2. The molecule has 7 nitrogen and oxygen atoms in total. The predicted molar refractivity (Wildman–Crippen MR) is 136 cm³/mol. The Bertz CT molecular complexity index is 1400. The van der Waals surface area contributed by atoms with Crippen molar-refractivity contribution in [3.8, 4) is 10.6 Å². The maximum Gasteiger partial charge on any atom is 0.264 e. The van der Waals surface area contributed by atoms with E-state index in [4.69, 9.17) is 0 Å². The van der Waals surface area contributed by atoms with Crippen molar-refractivity contribution in [2.24, 2.45) is 0 Å². The molecule has 1 amide bonds. The molecule has 0 atom stereocenters. The molecule has 9 heteroatoms. The highest BCUT2D eigenvalue weighted by Gasteiger charge is 2.28. The number of benzene rings is 3. The zero-order valence-electron chi connectivity index (χ0n) is 19.0. The third-order valence-corrected chi connectivity index (χ3v) is 7.76. The zero-order chi connectivity index (χ0) is 24.3. The largest absolute Gasteiger partial charge is 0.299 e. The molecule has 0 radical (unpaired) electrons. The molecule has 174 valence electrons. The lowest BCUT2D eigenvalue weighted by Gasteiger charge is -2.24. The van der Waals surface area contributed by atoms with Gasteiger partial charge < -0.3 is 0 Å². The number of sulfonamides is 1. The number of hydrogen-bond donors (Lipinski definition) is 1. The van der Waals surface area contributed by atoms with Gasteiger partial charge in [-0.2, -0.15) is 0 Å². The third kappa shape index (κ3) is 5.32. The summed E-state index contributed by atoms with van der Waals surface area (Å²) in [5.41, 5.74) is 4.06. The summed E-state index contributed by atoms with van der Waals surface area (Å²) in [6, 6.07) is 21.5. The number of nitrogens with one attached hydrogen (secondary N) is 1. The van der Waals surface area contributed by atoms with Crippen LogP contribution in [0, 0.1) is 20.8 Å². The van der Waals surface area contributed by atoms with Crippen LogP contribution in [0.15, 0.2) is 77.7 Å². The summed E-state index contributed by atoms with van der Waals surface area (Å²) in [6.45, 7) is 5.26. The quantitative estimate of drug-likeness (QED) is 0.393. The van der Waals surface area contributed by atoms with Crippen molar-refractivity contribution in [3.63, 3.8) is 0 Å². The van der Waals surface area contributed by atoms with E-state index in [9.17, 15) is 13.2 Å². The van der Waals surface area contributed by atoms with Gasteiger partial charge in [0.1, 0.15) is 11.6 Å². The zero-order valence-corrected chi connectivity index (χ0v) is 20.7. The second-order valence-corrected chi connectivity index (χ2v) is 10.8. The lowest BCUT2D eigenvalue weighted by atomic mass is 10.1. The summed E-state index contributed by atoms with van der Waals surface area (Å²) in [5, 5.41) is 11.8. The first-order valence-corrected chi connectivity index (χ1v) is 12.8. The molecule has 0 fully saturated rings. The first-order chi connectivity index (χ1) is 16.2. The molecule has 0 aliphatic heterocycles. The van der Waals surface area contributed by atoms with Crippen LogP contribution in [0.1, 0.15) is 16.7 Å². The van der Waals surface area contributed by atoms with E-state index < -0.39 is 22.5 Å². The fourth-order valence-electron chi connectivity index (χ4n) is 3.51. The van der Waals surface area contributed by atoms with Gasteiger partial charge in [0.05, 0.1) is 10.6 Å². The first kappa shape index (κ1) is 23.6. The number of anilines is 2. The Balaban J connectivity index is 1.62. The van der Waals surface area contributed by atoms with E-state index in [1.54, 1.807) is 36.4 Å². The van der Waals surface area contributed by atoms with Crippen molar-refractivity contribution in [2.75, 3.05) is 16.2 Å². The number of rotatable bonds is 7. The number of hydrogen-bond acceptors (Lipinski definition) is 6. The fourth-order valence-corrected chi connectivity index (χ4v) is 5.68. The molecule has 0 bridgehead atoms. The van der Waals surface area contributed by atoms with Crippen molar-refractivity contribution < 1.29 is 13.2 Å². The molecule has 0 aliphatic rings. The topological polar surface area (TPSA) is 92.3 Å². The smallest absolute Gasteiger partial charge is 0.264 e. The lowest BCUT2D eigenvalue weighted by molar-refractivity contribution is -0.114. The van der Waals surface area contributed by atoms with Gasteiger partial charge in [0, 0.05) is 5.56 Å². The van der Waals surface area contributed by atoms with Gasteiger partial charge in [0.15, 0.2) is 0 Å². The maximum atomic E-state index is 13.6. The Morgan fingerprint density at radius 3 is 2.18 bits per heavy atom. The molecule has 1 heterocycles. The molecule has 0 aliphatic carbocycles. The van der Waals surface area contributed by atoms with Crippen LogP contribution < -0.4 is 9.62 Å². The van der Waals surface area contributed by atoms with Crippen molar-refractivity contribution in [3.05, 3.63) is 89.5 Å². The van der Waals surface area contributed by atoms with Crippen LogP contribution in [0.4, 0.5) is 10.8 Å². The Labute approximate surface area is 203 Å². The van der Waals surface area contributed by atoms with Crippen LogP contribution in [-0.2, 0) is 14.8 Å². The number of aromatic nitrogens is 2. The summed E-state index contributed by atoms with van der Waals surface area (Å²) in [4.78, 5) is 13.1. The minimum absolute atomic E-state index is 0.118. The van der Waals surface area contributed by atoms with Gasteiger partial charge >= 0.3 is 0 Å². The maximum absolute atomic E-state index is 13.6. The normalized spacial score (nSPS) is 11.3. The van der Waals surface area contributed by atoms with Gasteiger partial charge in [-0.25, -0.2) is 8.42 Å². The Kier molecular flexibility index (Phi) is 6.76. The highest BCUT2D eigenvalue weighted by molar-refractivity contribution is 7.92. The third-order valence-electron chi connectivity index (χ3n) is 5.08. The van der Waals surface area contributed by atoms with Crippen LogP contribution >= 0.6 is 11.3 Å². The van der Waals surface area contributed by atoms with E-state index in [1.165, 1.54) is 11.3 Å². The molecule has 0 saturated carbocycles. The molecule has 4 rings (SSSR count). The molecule has 0 spiro atoms. The molecular weight excluding hydrogens is 468 g/mol. The highest BCUT2D eigenvalue weighted by Crippen LogP contribution is 2.28. The van der Waals surface area contributed by atoms with E-state index in [0.29, 0.717) is 15.8 Å². The average molecular weight is 493 g/mol. The average Bonchev–Trinajstić information content (AvgIpc) is 3.26.